The quantitative estimate of drug-likeness (QED) is 0.593. The number of aliphatic carboxylic acids is 1. The van der Waals surface area contributed by atoms with Crippen molar-refractivity contribution in [3.05, 3.63) is 29.8 Å². The number of carbonyl (C=O) groups excluding carboxylic acids is 1. The Morgan fingerprint density at radius 3 is 2.21 bits per heavy atom. The van der Waals surface area contributed by atoms with Crippen LogP contribution in [0.5, 0.6) is 0 Å². The Hall–Kier alpha value is -2.41. The van der Waals surface area contributed by atoms with Gasteiger partial charge in [-0.25, -0.2) is 4.79 Å². The van der Waals surface area contributed by atoms with E-state index in [1.807, 2.05) is 0 Å². The van der Waals surface area contributed by atoms with Crippen LogP contribution in [0.3, 0.4) is 0 Å². The van der Waals surface area contributed by atoms with Crippen LogP contribution in [0.4, 0.5) is 5.69 Å². The van der Waals surface area contributed by atoms with Gasteiger partial charge in [-0.3, -0.25) is 9.59 Å². The number of hydrogen-bond donors (Lipinski definition) is 4. The van der Waals surface area contributed by atoms with Crippen LogP contribution in [0, 0.1) is 0 Å². The number of hydrogen-bond acceptors (Lipinski definition) is 4. The van der Waals surface area contributed by atoms with E-state index in [0.717, 1.165) is 0 Å². The van der Waals surface area contributed by atoms with E-state index in [1.165, 1.54) is 24.3 Å². The second-order valence-electron chi connectivity index (χ2n) is 3.91. The van der Waals surface area contributed by atoms with Gasteiger partial charge >= 0.3 is 11.9 Å². The highest BCUT2D eigenvalue weighted by molar-refractivity contribution is 5.92. The largest absolute Gasteiger partial charge is 0.480 e. The molecule has 7 nitrogen and oxygen atoms in total. The van der Waals surface area contributed by atoms with Crippen LogP contribution < -0.4 is 11.1 Å². The lowest BCUT2D eigenvalue weighted by Crippen LogP contribution is -2.31. The lowest BCUT2D eigenvalue weighted by Gasteiger charge is -2.07. The van der Waals surface area contributed by atoms with Gasteiger partial charge in [-0.15, -0.1) is 0 Å². The summed E-state index contributed by atoms with van der Waals surface area (Å²) < 4.78 is 0. The highest BCUT2D eigenvalue weighted by Gasteiger charge is 2.13. The molecule has 5 N–H and O–H groups in total. The Balaban J connectivity index is 2.48. The fraction of sp³-hybridized carbons (Fsp3) is 0.250. The van der Waals surface area contributed by atoms with E-state index in [9.17, 15) is 14.4 Å². The molecule has 102 valence electrons. The maximum atomic E-state index is 11.5. The average molecular weight is 266 g/mol. The van der Waals surface area contributed by atoms with Crippen molar-refractivity contribution in [3.8, 4) is 0 Å². The molecule has 19 heavy (non-hydrogen) atoms. The molecule has 0 aliphatic rings. The van der Waals surface area contributed by atoms with E-state index in [1.54, 1.807) is 0 Å². The molecule has 0 unspecified atom stereocenters. The third-order valence-electron chi connectivity index (χ3n) is 2.42. The van der Waals surface area contributed by atoms with Gasteiger partial charge in [0.1, 0.15) is 6.04 Å². The molecule has 7 heteroatoms. The monoisotopic (exact) mass is 266 g/mol. The first-order valence-corrected chi connectivity index (χ1v) is 5.51. The van der Waals surface area contributed by atoms with Crippen molar-refractivity contribution < 1.29 is 24.6 Å². The first-order chi connectivity index (χ1) is 8.90. The fourth-order valence-corrected chi connectivity index (χ4v) is 1.33. The van der Waals surface area contributed by atoms with E-state index < -0.39 is 18.0 Å². The zero-order valence-electron chi connectivity index (χ0n) is 10.00. The lowest BCUT2D eigenvalue weighted by atomic mass is 10.1. The van der Waals surface area contributed by atoms with Crippen LogP contribution in [0.25, 0.3) is 0 Å². The predicted molar refractivity (Wildman–Crippen MR) is 66.9 cm³/mol. The van der Waals surface area contributed by atoms with Gasteiger partial charge in [0.25, 0.3) is 0 Å². The van der Waals surface area contributed by atoms with Crippen LogP contribution in [0.15, 0.2) is 24.3 Å². The number of aromatic carboxylic acids is 1. The summed E-state index contributed by atoms with van der Waals surface area (Å²) >= 11 is 0. The van der Waals surface area contributed by atoms with Crippen LogP contribution in [-0.2, 0) is 9.59 Å². The maximum absolute atomic E-state index is 11.5. The second kappa shape index (κ2) is 6.50. The van der Waals surface area contributed by atoms with Crippen LogP contribution in [0.1, 0.15) is 23.2 Å². The molecule has 0 heterocycles. The van der Waals surface area contributed by atoms with Gasteiger partial charge < -0.3 is 21.3 Å². The number of rotatable bonds is 6. The number of anilines is 1. The average Bonchev–Trinajstić information content (AvgIpc) is 2.36. The third-order valence-corrected chi connectivity index (χ3v) is 2.42. The molecule has 0 aromatic heterocycles. The molecule has 0 aliphatic heterocycles. The third kappa shape index (κ3) is 4.76. The van der Waals surface area contributed by atoms with Crippen LogP contribution in [-0.4, -0.2) is 34.1 Å². The summed E-state index contributed by atoms with van der Waals surface area (Å²) in [6.07, 6.45) is 0.0164. The normalized spacial score (nSPS) is 11.6. The molecule has 0 saturated carbocycles. The zero-order chi connectivity index (χ0) is 14.4. The number of carboxylic acids is 2. The summed E-state index contributed by atoms with van der Waals surface area (Å²) in [6.45, 7) is 0. The number of carboxylic acid groups (broad SMARTS) is 2. The van der Waals surface area contributed by atoms with Crippen LogP contribution in [0.2, 0.25) is 0 Å². The van der Waals surface area contributed by atoms with Crippen molar-refractivity contribution >= 4 is 23.5 Å². The van der Waals surface area contributed by atoms with E-state index in [2.05, 4.69) is 5.32 Å². The van der Waals surface area contributed by atoms with Crippen molar-refractivity contribution in [1.82, 2.24) is 0 Å². The fourth-order valence-electron chi connectivity index (χ4n) is 1.33. The number of nitrogens with two attached hydrogens (primary N) is 1. The molecular weight excluding hydrogens is 252 g/mol. The predicted octanol–water partition coefficient (Wildman–Crippen LogP) is 0.515. The molecule has 1 rings (SSSR count). The Morgan fingerprint density at radius 2 is 1.74 bits per heavy atom. The molecule has 1 atom stereocenters. The summed E-state index contributed by atoms with van der Waals surface area (Å²) in [5, 5.41) is 19.8. The number of amides is 1. The zero-order valence-corrected chi connectivity index (χ0v) is 10.00. The minimum absolute atomic E-state index is 0.0197. The summed E-state index contributed by atoms with van der Waals surface area (Å²) in [6, 6.07) is 4.57. The van der Waals surface area contributed by atoms with Crippen molar-refractivity contribution in [2.45, 2.75) is 18.9 Å². The Labute approximate surface area is 109 Å². The minimum Gasteiger partial charge on any atom is -0.480 e. The summed E-state index contributed by atoms with van der Waals surface area (Å²) in [5.74, 6) is -2.58. The van der Waals surface area contributed by atoms with Gasteiger partial charge in [-0.2, -0.15) is 0 Å². The number of benzene rings is 1. The first-order valence-electron chi connectivity index (χ1n) is 5.51. The molecule has 0 fully saturated rings. The van der Waals surface area contributed by atoms with Crippen molar-refractivity contribution in [2.24, 2.45) is 5.73 Å². The van der Waals surface area contributed by atoms with Gasteiger partial charge in [0.05, 0.1) is 5.56 Å². The standard InChI is InChI=1S/C12H14N2O5/c13-9(12(18)19)5-6-10(15)14-8-3-1-7(2-4-8)11(16)17/h1-4,9H,5-6,13H2,(H,14,15)(H,16,17)(H,18,19)/t9-/m1/s1. The molecule has 0 saturated heterocycles. The van der Waals surface area contributed by atoms with Gasteiger partial charge in [-0.05, 0) is 30.7 Å². The molecule has 0 spiro atoms. The molecule has 0 radical (unpaired) electrons. The topological polar surface area (TPSA) is 130 Å². The highest BCUT2D eigenvalue weighted by atomic mass is 16.4. The highest BCUT2D eigenvalue weighted by Crippen LogP contribution is 2.10. The van der Waals surface area contributed by atoms with E-state index in [-0.39, 0.29) is 24.3 Å². The first kappa shape index (κ1) is 14.7. The number of nitrogens with one attached hydrogen (secondary N) is 1. The molecular formula is C12H14N2O5. The molecule has 0 bridgehead atoms. The summed E-state index contributed by atoms with van der Waals surface area (Å²) in [7, 11) is 0. The van der Waals surface area contributed by atoms with E-state index in [4.69, 9.17) is 15.9 Å². The molecule has 1 aromatic carbocycles. The van der Waals surface area contributed by atoms with Crippen molar-refractivity contribution in [2.75, 3.05) is 5.32 Å². The van der Waals surface area contributed by atoms with Gasteiger partial charge in [-0.1, -0.05) is 0 Å². The SMILES string of the molecule is N[C@H](CCC(=O)Nc1ccc(C(=O)O)cc1)C(=O)O. The van der Waals surface area contributed by atoms with Crippen molar-refractivity contribution in [3.63, 3.8) is 0 Å². The van der Waals surface area contributed by atoms with Gasteiger partial charge in [0.2, 0.25) is 5.91 Å². The van der Waals surface area contributed by atoms with Gasteiger partial charge in [0, 0.05) is 12.1 Å². The summed E-state index contributed by atoms with van der Waals surface area (Å²) in [4.78, 5) is 32.6. The lowest BCUT2D eigenvalue weighted by molar-refractivity contribution is -0.138. The molecule has 1 amide bonds. The van der Waals surface area contributed by atoms with Crippen LogP contribution >= 0.6 is 0 Å². The Bertz CT molecular complexity index is 483. The van der Waals surface area contributed by atoms with Crippen molar-refractivity contribution in [1.29, 1.82) is 0 Å². The Kier molecular flexibility index (Phi) is 5.01. The second-order valence-corrected chi connectivity index (χ2v) is 3.91. The van der Waals surface area contributed by atoms with E-state index >= 15 is 0 Å². The Morgan fingerprint density at radius 1 is 1.16 bits per heavy atom. The maximum Gasteiger partial charge on any atom is 0.335 e. The number of carbonyl (C=O) groups is 3. The van der Waals surface area contributed by atoms with Gasteiger partial charge in [0.15, 0.2) is 0 Å². The molecule has 1 aromatic rings. The van der Waals surface area contributed by atoms with E-state index in [0.29, 0.717) is 5.69 Å². The minimum atomic E-state index is -1.15. The smallest absolute Gasteiger partial charge is 0.335 e. The molecule has 0 aliphatic carbocycles. The summed E-state index contributed by atoms with van der Waals surface area (Å²) in [5.41, 5.74) is 5.83.